The highest BCUT2D eigenvalue weighted by atomic mass is 79.9. The van der Waals surface area contributed by atoms with Crippen LogP contribution in [-0.2, 0) is 0 Å². The maximum Gasteiger partial charge on any atom is 0.0406 e. The molecule has 0 bridgehead atoms. The lowest BCUT2D eigenvalue weighted by Gasteiger charge is -2.25. The Balaban J connectivity index is 1.89. The van der Waals surface area contributed by atoms with E-state index < -0.39 is 0 Å². The predicted molar refractivity (Wildman–Crippen MR) is 91.5 cm³/mol. The molecule has 0 aromatic heterocycles. The first kappa shape index (κ1) is 14.1. The largest absolute Gasteiger partial charge is 0.0838 e. The average Bonchev–Trinajstić information content (AvgIpc) is 2.48. The van der Waals surface area contributed by atoms with E-state index in [1.807, 2.05) is 0 Å². The van der Waals surface area contributed by atoms with Gasteiger partial charge < -0.3 is 0 Å². The van der Waals surface area contributed by atoms with Crippen molar-refractivity contribution < 1.29 is 0 Å². The Bertz CT molecular complexity index is 581. The van der Waals surface area contributed by atoms with Crippen molar-refractivity contribution >= 4 is 26.7 Å². The molecule has 1 aliphatic carbocycles. The second-order valence-electron chi connectivity index (χ2n) is 6.22. The fourth-order valence-corrected chi connectivity index (χ4v) is 4.79. The van der Waals surface area contributed by atoms with Gasteiger partial charge in [0.1, 0.15) is 0 Å². The molecule has 1 atom stereocenters. The lowest BCUT2D eigenvalue weighted by molar-refractivity contribution is 0.338. The van der Waals surface area contributed by atoms with E-state index in [2.05, 4.69) is 59.3 Å². The number of alkyl halides is 1. The molecule has 0 N–H and O–H groups in total. The lowest BCUT2D eigenvalue weighted by Crippen LogP contribution is -2.09. The van der Waals surface area contributed by atoms with Gasteiger partial charge in [0.15, 0.2) is 0 Å². The minimum Gasteiger partial charge on any atom is -0.0838 e. The summed E-state index contributed by atoms with van der Waals surface area (Å²) in [6, 6.07) is 13.3. The topological polar surface area (TPSA) is 0 Å². The fraction of sp³-hybridized carbons (Fsp3) is 0.474. The van der Waals surface area contributed by atoms with Gasteiger partial charge in [-0.15, -0.1) is 0 Å². The Morgan fingerprint density at radius 3 is 2.60 bits per heavy atom. The number of rotatable bonds is 3. The van der Waals surface area contributed by atoms with Crippen molar-refractivity contribution in [3.05, 3.63) is 47.5 Å². The molecule has 1 aliphatic rings. The van der Waals surface area contributed by atoms with Crippen LogP contribution >= 0.6 is 15.9 Å². The zero-order chi connectivity index (χ0) is 13.9. The van der Waals surface area contributed by atoms with Gasteiger partial charge in [-0.1, -0.05) is 84.4 Å². The molecule has 0 heterocycles. The highest BCUT2D eigenvalue weighted by Crippen LogP contribution is 2.40. The molecule has 3 rings (SSSR count). The molecular formula is C19H23Br. The summed E-state index contributed by atoms with van der Waals surface area (Å²) in [7, 11) is 0. The van der Waals surface area contributed by atoms with Crippen molar-refractivity contribution in [3.63, 3.8) is 0 Å². The summed E-state index contributed by atoms with van der Waals surface area (Å²) in [6.45, 7) is 2.25. The van der Waals surface area contributed by atoms with E-state index in [1.54, 1.807) is 0 Å². The zero-order valence-corrected chi connectivity index (χ0v) is 13.8. The lowest BCUT2D eigenvalue weighted by atomic mass is 9.84. The molecule has 0 radical (unpaired) electrons. The molecule has 1 heteroatoms. The first-order valence-electron chi connectivity index (χ1n) is 7.88. The van der Waals surface area contributed by atoms with Crippen molar-refractivity contribution in [2.45, 2.75) is 50.3 Å². The Morgan fingerprint density at radius 2 is 1.80 bits per heavy atom. The first-order valence-corrected chi connectivity index (χ1v) is 8.79. The molecule has 2 aromatic carbocycles. The van der Waals surface area contributed by atoms with E-state index in [-0.39, 0.29) is 0 Å². The molecule has 106 valence electrons. The van der Waals surface area contributed by atoms with Gasteiger partial charge in [0.25, 0.3) is 0 Å². The van der Waals surface area contributed by atoms with Gasteiger partial charge in [0.05, 0.1) is 0 Å². The van der Waals surface area contributed by atoms with Crippen molar-refractivity contribution in [2.75, 3.05) is 0 Å². The van der Waals surface area contributed by atoms with Gasteiger partial charge in [0, 0.05) is 4.83 Å². The maximum absolute atomic E-state index is 3.99. The summed E-state index contributed by atoms with van der Waals surface area (Å²) in [5.41, 5.74) is 2.93. The van der Waals surface area contributed by atoms with Crippen molar-refractivity contribution in [1.82, 2.24) is 0 Å². The minimum atomic E-state index is 0.497. The van der Waals surface area contributed by atoms with Crippen LogP contribution in [0.1, 0.15) is 54.5 Å². The fourth-order valence-electron chi connectivity index (χ4n) is 3.65. The van der Waals surface area contributed by atoms with Gasteiger partial charge in [-0.3, -0.25) is 0 Å². The monoisotopic (exact) mass is 330 g/mol. The molecule has 20 heavy (non-hydrogen) atoms. The number of fused-ring (bicyclic) bond motifs is 1. The van der Waals surface area contributed by atoms with Crippen molar-refractivity contribution in [3.8, 4) is 0 Å². The van der Waals surface area contributed by atoms with E-state index in [1.165, 1.54) is 60.4 Å². The van der Waals surface area contributed by atoms with E-state index in [9.17, 15) is 0 Å². The molecule has 2 aromatic rings. The van der Waals surface area contributed by atoms with E-state index in [0.29, 0.717) is 4.83 Å². The molecule has 1 saturated carbocycles. The number of benzene rings is 2. The third-order valence-corrected chi connectivity index (χ3v) is 5.60. The number of aryl methyl sites for hydroxylation is 1. The van der Waals surface area contributed by atoms with Crippen molar-refractivity contribution in [2.24, 2.45) is 5.92 Å². The van der Waals surface area contributed by atoms with Crippen LogP contribution in [0.25, 0.3) is 10.8 Å². The zero-order valence-electron chi connectivity index (χ0n) is 12.2. The first-order chi connectivity index (χ1) is 9.75. The highest BCUT2D eigenvalue weighted by Gasteiger charge is 2.20. The second kappa shape index (κ2) is 6.30. The van der Waals surface area contributed by atoms with Gasteiger partial charge in [-0.2, -0.15) is 0 Å². The van der Waals surface area contributed by atoms with E-state index >= 15 is 0 Å². The molecule has 0 aliphatic heterocycles. The summed E-state index contributed by atoms with van der Waals surface area (Å²) < 4.78 is 0. The Kier molecular flexibility index (Phi) is 4.45. The Labute approximate surface area is 130 Å². The standard InChI is InChI=1S/C19H23Br/c1-14-11-12-16-9-5-6-10-17(16)19(14)18(20)13-15-7-3-2-4-8-15/h5-6,9-12,15,18H,2-4,7-8,13H2,1H3. The van der Waals surface area contributed by atoms with Crippen LogP contribution in [0.3, 0.4) is 0 Å². The molecule has 0 spiro atoms. The third kappa shape index (κ3) is 2.93. The summed E-state index contributed by atoms with van der Waals surface area (Å²) in [5, 5.41) is 2.78. The molecular weight excluding hydrogens is 308 g/mol. The molecule has 1 unspecified atom stereocenters. The normalized spacial score (nSPS) is 18.3. The second-order valence-corrected chi connectivity index (χ2v) is 7.33. The van der Waals surface area contributed by atoms with Gasteiger partial charge in [0.2, 0.25) is 0 Å². The summed E-state index contributed by atoms with van der Waals surface area (Å²) in [6.07, 6.45) is 8.43. The van der Waals surface area contributed by atoms with Crippen LogP contribution in [0, 0.1) is 12.8 Å². The van der Waals surface area contributed by atoms with Gasteiger partial charge in [-0.05, 0) is 41.2 Å². The average molecular weight is 331 g/mol. The number of halogens is 1. The van der Waals surface area contributed by atoms with Crippen LogP contribution in [0.4, 0.5) is 0 Å². The quantitative estimate of drug-likeness (QED) is 0.559. The predicted octanol–water partition coefficient (Wildman–Crippen LogP) is 6.55. The molecule has 0 nitrogen and oxygen atoms in total. The van der Waals surface area contributed by atoms with Gasteiger partial charge in [-0.25, -0.2) is 0 Å². The maximum atomic E-state index is 3.99. The van der Waals surface area contributed by atoms with Gasteiger partial charge >= 0.3 is 0 Å². The SMILES string of the molecule is Cc1ccc2ccccc2c1C(Br)CC1CCCCC1. The minimum absolute atomic E-state index is 0.497. The summed E-state index contributed by atoms with van der Waals surface area (Å²) in [4.78, 5) is 0.497. The highest BCUT2D eigenvalue weighted by molar-refractivity contribution is 9.09. The smallest absolute Gasteiger partial charge is 0.0406 e. The Hall–Kier alpha value is -0.820. The van der Waals surface area contributed by atoms with Crippen LogP contribution < -0.4 is 0 Å². The molecule has 1 fully saturated rings. The molecule has 0 amide bonds. The van der Waals surface area contributed by atoms with Crippen LogP contribution in [0.5, 0.6) is 0 Å². The van der Waals surface area contributed by atoms with Crippen molar-refractivity contribution in [1.29, 1.82) is 0 Å². The van der Waals surface area contributed by atoms with E-state index in [4.69, 9.17) is 0 Å². The summed E-state index contributed by atoms with van der Waals surface area (Å²) in [5.74, 6) is 0.909. The Morgan fingerprint density at radius 1 is 1.05 bits per heavy atom. The number of hydrogen-bond acceptors (Lipinski definition) is 0. The third-order valence-electron chi connectivity index (χ3n) is 4.77. The van der Waals surface area contributed by atoms with Crippen LogP contribution in [0.2, 0.25) is 0 Å². The molecule has 0 saturated heterocycles. The van der Waals surface area contributed by atoms with Crippen LogP contribution in [0.15, 0.2) is 36.4 Å². The summed E-state index contributed by atoms with van der Waals surface area (Å²) >= 11 is 3.99. The van der Waals surface area contributed by atoms with E-state index in [0.717, 1.165) is 5.92 Å². The number of hydrogen-bond donors (Lipinski definition) is 0. The van der Waals surface area contributed by atoms with Crippen LogP contribution in [-0.4, -0.2) is 0 Å².